The lowest BCUT2D eigenvalue weighted by atomic mass is 9.95. The Morgan fingerprint density at radius 1 is 1.15 bits per heavy atom. The topological polar surface area (TPSA) is 58.6 Å². The molecule has 0 unspecified atom stereocenters. The van der Waals surface area contributed by atoms with Crippen molar-refractivity contribution >= 4 is 40.7 Å². The first-order valence-electron chi connectivity index (χ1n) is 8.14. The molecule has 1 atom stereocenters. The molecule has 0 bridgehead atoms. The Morgan fingerprint density at radius 2 is 1.85 bits per heavy atom. The molecule has 1 heterocycles. The van der Waals surface area contributed by atoms with E-state index in [4.69, 9.17) is 27.9 Å². The average Bonchev–Trinajstić information content (AvgIpc) is 2.62. The molecule has 0 aliphatic carbocycles. The van der Waals surface area contributed by atoms with Gasteiger partial charge in [0, 0.05) is 22.8 Å². The first-order chi connectivity index (χ1) is 12.4. The van der Waals surface area contributed by atoms with Crippen LogP contribution in [0, 0.1) is 5.92 Å². The third-order valence-corrected chi connectivity index (χ3v) is 4.65. The van der Waals surface area contributed by atoms with Crippen molar-refractivity contribution in [1.29, 1.82) is 0 Å². The second kappa shape index (κ2) is 7.98. The lowest BCUT2D eigenvalue weighted by Gasteiger charge is -2.28. The highest BCUT2D eigenvalue weighted by Crippen LogP contribution is 2.30. The molecule has 0 saturated carbocycles. The van der Waals surface area contributed by atoms with Crippen LogP contribution in [0.1, 0.15) is 5.56 Å². The Labute approximate surface area is 161 Å². The van der Waals surface area contributed by atoms with Gasteiger partial charge in [-0.2, -0.15) is 0 Å². The molecule has 0 radical (unpaired) electrons. The van der Waals surface area contributed by atoms with E-state index in [-0.39, 0.29) is 30.9 Å². The van der Waals surface area contributed by atoms with E-state index in [9.17, 15) is 9.59 Å². The van der Waals surface area contributed by atoms with Gasteiger partial charge in [-0.05, 0) is 54.4 Å². The van der Waals surface area contributed by atoms with Crippen LogP contribution < -0.4 is 10.1 Å². The highest BCUT2D eigenvalue weighted by Gasteiger charge is 2.29. The Hall–Kier alpha value is -2.24. The summed E-state index contributed by atoms with van der Waals surface area (Å²) in [5, 5.41) is 3.94. The van der Waals surface area contributed by atoms with Crippen LogP contribution in [-0.4, -0.2) is 36.9 Å². The molecule has 7 heteroatoms. The summed E-state index contributed by atoms with van der Waals surface area (Å²) in [7, 11) is 1.61. The first-order valence-corrected chi connectivity index (χ1v) is 8.89. The number of nitrogens with one attached hydrogen (secondary N) is 1. The molecule has 1 aliphatic rings. The van der Waals surface area contributed by atoms with E-state index in [1.54, 1.807) is 37.4 Å². The summed E-state index contributed by atoms with van der Waals surface area (Å²) in [6, 6.07) is 12.2. The summed E-state index contributed by atoms with van der Waals surface area (Å²) >= 11 is 11.8. The fraction of sp³-hybridized carbons (Fsp3) is 0.263. The van der Waals surface area contributed by atoms with Crippen LogP contribution in [-0.2, 0) is 16.0 Å². The number of hydrogen-bond donors (Lipinski definition) is 1. The van der Waals surface area contributed by atoms with Gasteiger partial charge in [0.25, 0.3) is 0 Å². The van der Waals surface area contributed by atoms with Crippen molar-refractivity contribution < 1.29 is 14.3 Å². The Bertz CT molecular complexity index is 824. The minimum absolute atomic E-state index is 0.0413. The van der Waals surface area contributed by atoms with Crippen LogP contribution in [0.2, 0.25) is 10.0 Å². The number of carbonyl (C=O) groups excluding carboxylic acids is 2. The van der Waals surface area contributed by atoms with E-state index < -0.39 is 0 Å². The molecule has 1 N–H and O–H groups in total. The minimum Gasteiger partial charge on any atom is -0.492 e. The summed E-state index contributed by atoms with van der Waals surface area (Å²) < 4.78 is 5.66. The quantitative estimate of drug-likeness (QED) is 0.863. The number of likely N-dealkylation sites (N-methyl/N-ethyl adjacent to an activating group) is 1. The molecule has 2 aromatic rings. The number of halogens is 2. The lowest BCUT2D eigenvalue weighted by molar-refractivity contribution is -0.138. The van der Waals surface area contributed by atoms with Gasteiger partial charge in [-0.1, -0.05) is 23.2 Å². The number of benzene rings is 2. The highest BCUT2D eigenvalue weighted by molar-refractivity contribution is 6.31. The van der Waals surface area contributed by atoms with Gasteiger partial charge in [-0.3, -0.25) is 9.59 Å². The molecule has 136 valence electrons. The van der Waals surface area contributed by atoms with Crippen LogP contribution in [0.4, 0.5) is 5.69 Å². The third kappa shape index (κ3) is 4.48. The smallest absolute Gasteiger partial charge is 0.243 e. The zero-order valence-corrected chi connectivity index (χ0v) is 15.7. The Balaban J connectivity index is 1.57. The van der Waals surface area contributed by atoms with Crippen LogP contribution in [0.3, 0.4) is 0 Å². The Kier molecular flexibility index (Phi) is 5.69. The van der Waals surface area contributed by atoms with Crippen LogP contribution in [0.5, 0.6) is 5.75 Å². The van der Waals surface area contributed by atoms with Gasteiger partial charge >= 0.3 is 0 Å². The molecular weight excluding hydrogens is 375 g/mol. The molecule has 2 aromatic carbocycles. The van der Waals surface area contributed by atoms with Crippen molar-refractivity contribution in [3.05, 3.63) is 58.1 Å². The molecule has 26 heavy (non-hydrogen) atoms. The summed E-state index contributed by atoms with van der Waals surface area (Å²) in [4.78, 5) is 26.2. The zero-order valence-electron chi connectivity index (χ0n) is 14.2. The molecule has 0 fully saturated rings. The van der Waals surface area contributed by atoms with Gasteiger partial charge in [-0.25, -0.2) is 0 Å². The van der Waals surface area contributed by atoms with Crippen molar-refractivity contribution in [2.75, 3.05) is 25.5 Å². The number of ether oxygens (including phenoxy) is 1. The fourth-order valence-electron chi connectivity index (χ4n) is 2.86. The number of hydrogen-bond acceptors (Lipinski definition) is 3. The first kappa shape index (κ1) is 18.5. The molecule has 5 nitrogen and oxygen atoms in total. The average molecular weight is 393 g/mol. The van der Waals surface area contributed by atoms with Crippen molar-refractivity contribution in [2.45, 2.75) is 6.42 Å². The summed E-state index contributed by atoms with van der Waals surface area (Å²) in [5.41, 5.74) is 1.53. The van der Waals surface area contributed by atoms with E-state index in [1.807, 2.05) is 12.1 Å². The number of carbonyl (C=O) groups is 2. The van der Waals surface area contributed by atoms with Gasteiger partial charge < -0.3 is 15.0 Å². The van der Waals surface area contributed by atoms with E-state index in [1.165, 1.54) is 4.90 Å². The second-order valence-corrected chi connectivity index (χ2v) is 7.09. The molecule has 1 aliphatic heterocycles. The van der Waals surface area contributed by atoms with Gasteiger partial charge in [0.2, 0.25) is 11.8 Å². The van der Waals surface area contributed by atoms with Crippen molar-refractivity contribution in [2.24, 2.45) is 5.92 Å². The summed E-state index contributed by atoms with van der Waals surface area (Å²) in [6.45, 7) is 0.247. The van der Waals surface area contributed by atoms with Gasteiger partial charge in [0.15, 0.2) is 0 Å². The highest BCUT2D eigenvalue weighted by atomic mass is 35.5. The normalized spacial score (nSPS) is 15.6. The monoisotopic (exact) mass is 392 g/mol. The lowest BCUT2D eigenvalue weighted by Crippen LogP contribution is -2.42. The SMILES string of the molecule is CN(CC(=O)Nc1ccc(Cl)cc1)C(=O)[C@H]1COc2ccc(Cl)cc2C1. The van der Waals surface area contributed by atoms with Crippen molar-refractivity contribution in [1.82, 2.24) is 4.90 Å². The number of nitrogens with zero attached hydrogens (tertiary/aromatic N) is 1. The van der Waals surface area contributed by atoms with Crippen molar-refractivity contribution in [3.8, 4) is 5.75 Å². The molecular formula is C19H18Cl2N2O3. The molecule has 0 spiro atoms. The molecule has 0 saturated heterocycles. The van der Waals surface area contributed by atoms with E-state index in [2.05, 4.69) is 5.32 Å². The Morgan fingerprint density at radius 3 is 2.58 bits per heavy atom. The van der Waals surface area contributed by atoms with Gasteiger partial charge in [0.05, 0.1) is 12.5 Å². The predicted molar refractivity (Wildman–Crippen MR) is 102 cm³/mol. The minimum atomic E-state index is -0.339. The molecule has 2 amide bonds. The summed E-state index contributed by atoms with van der Waals surface area (Å²) in [5.74, 6) is 0.00103. The van der Waals surface area contributed by atoms with Crippen LogP contribution in [0.15, 0.2) is 42.5 Å². The molecule has 0 aromatic heterocycles. The number of amides is 2. The van der Waals surface area contributed by atoms with Crippen LogP contribution in [0.25, 0.3) is 0 Å². The zero-order chi connectivity index (χ0) is 18.7. The predicted octanol–water partition coefficient (Wildman–Crippen LogP) is 3.64. The molecule has 3 rings (SSSR count). The second-order valence-electron chi connectivity index (χ2n) is 6.21. The number of anilines is 1. The van der Waals surface area contributed by atoms with E-state index in [0.29, 0.717) is 22.2 Å². The summed E-state index contributed by atoms with van der Waals surface area (Å²) in [6.07, 6.45) is 0.540. The van der Waals surface area contributed by atoms with Crippen molar-refractivity contribution in [3.63, 3.8) is 0 Å². The maximum absolute atomic E-state index is 12.6. The van der Waals surface area contributed by atoms with Gasteiger partial charge in [-0.15, -0.1) is 0 Å². The van der Waals surface area contributed by atoms with Crippen LogP contribution >= 0.6 is 23.2 Å². The fourth-order valence-corrected chi connectivity index (χ4v) is 3.18. The third-order valence-electron chi connectivity index (χ3n) is 4.16. The largest absolute Gasteiger partial charge is 0.492 e. The number of fused-ring (bicyclic) bond motifs is 1. The van der Waals surface area contributed by atoms with E-state index >= 15 is 0 Å². The van der Waals surface area contributed by atoms with Gasteiger partial charge in [0.1, 0.15) is 12.4 Å². The maximum Gasteiger partial charge on any atom is 0.243 e. The standard InChI is InChI=1S/C19H18Cl2N2O3/c1-23(10-18(24)22-16-5-2-14(20)3-6-16)19(25)13-8-12-9-15(21)4-7-17(12)26-11-13/h2-7,9,13H,8,10-11H2,1H3,(H,22,24)/t13-/m1/s1. The maximum atomic E-state index is 12.6. The number of rotatable bonds is 4. The van der Waals surface area contributed by atoms with E-state index in [0.717, 1.165) is 11.3 Å².